The number of hydrogen-bond donors (Lipinski definition) is 2. The maximum Gasteiger partial charge on any atom is 0.315 e. The molecule has 2 aromatic rings. The van der Waals surface area contributed by atoms with Gasteiger partial charge < -0.3 is 20.1 Å². The fraction of sp³-hybridized carbons (Fsp3) is 0.435. The first kappa shape index (κ1) is 21.1. The summed E-state index contributed by atoms with van der Waals surface area (Å²) in [5, 5.41) is 5.79. The Labute approximate surface area is 173 Å². The van der Waals surface area contributed by atoms with Crippen molar-refractivity contribution in [3.05, 3.63) is 65.2 Å². The fourth-order valence-corrected chi connectivity index (χ4v) is 3.18. The minimum absolute atomic E-state index is 0.178. The summed E-state index contributed by atoms with van der Waals surface area (Å²) in [5.74, 6) is 0.828. The molecule has 0 radical (unpaired) electrons. The van der Waals surface area contributed by atoms with Crippen LogP contribution in [0.5, 0.6) is 5.75 Å². The second-order valence-electron chi connectivity index (χ2n) is 7.16. The van der Waals surface area contributed by atoms with Crippen molar-refractivity contribution in [1.82, 2.24) is 15.5 Å². The molecule has 0 spiro atoms. The minimum atomic E-state index is -0.178. The summed E-state index contributed by atoms with van der Waals surface area (Å²) in [5.41, 5.74) is 3.40. The first-order valence-corrected chi connectivity index (χ1v) is 10.3. The third kappa shape index (κ3) is 7.40. The molecule has 2 amide bonds. The number of carbonyl (C=O) groups excluding carboxylic acids is 1. The second-order valence-corrected chi connectivity index (χ2v) is 7.16. The highest BCUT2D eigenvalue weighted by atomic mass is 16.5. The Morgan fingerprint density at radius 1 is 1.00 bits per heavy atom. The van der Waals surface area contributed by atoms with E-state index in [4.69, 9.17) is 9.47 Å². The summed E-state index contributed by atoms with van der Waals surface area (Å²) < 4.78 is 11.2. The molecule has 0 aliphatic carbocycles. The largest absolute Gasteiger partial charge is 0.492 e. The van der Waals surface area contributed by atoms with E-state index < -0.39 is 0 Å². The van der Waals surface area contributed by atoms with Crippen LogP contribution in [0, 0.1) is 0 Å². The average Bonchev–Trinajstić information content (AvgIpc) is 2.77. The van der Waals surface area contributed by atoms with E-state index in [0.29, 0.717) is 19.7 Å². The van der Waals surface area contributed by atoms with Gasteiger partial charge in [-0.3, -0.25) is 4.90 Å². The smallest absolute Gasteiger partial charge is 0.315 e. The number of rotatable bonds is 9. The van der Waals surface area contributed by atoms with Crippen LogP contribution in [-0.2, 0) is 24.2 Å². The summed E-state index contributed by atoms with van der Waals surface area (Å²) in [7, 11) is 0. The first-order chi connectivity index (χ1) is 14.2. The summed E-state index contributed by atoms with van der Waals surface area (Å²) >= 11 is 0. The van der Waals surface area contributed by atoms with Crippen LogP contribution < -0.4 is 15.4 Å². The molecule has 3 rings (SSSR count). The lowest BCUT2D eigenvalue weighted by Crippen LogP contribution is -2.38. The van der Waals surface area contributed by atoms with Gasteiger partial charge in [0.05, 0.1) is 13.2 Å². The zero-order valence-corrected chi connectivity index (χ0v) is 17.2. The highest BCUT2D eigenvalue weighted by molar-refractivity contribution is 5.73. The molecule has 0 unspecified atom stereocenters. The van der Waals surface area contributed by atoms with Crippen LogP contribution in [0.15, 0.2) is 48.5 Å². The van der Waals surface area contributed by atoms with Gasteiger partial charge in [0.25, 0.3) is 0 Å². The van der Waals surface area contributed by atoms with Gasteiger partial charge in [-0.1, -0.05) is 43.3 Å². The number of aryl methyl sites for hydroxylation is 1. The number of nitrogens with one attached hydrogen (secondary N) is 2. The molecule has 0 aromatic heterocycles. The van der Waals surface area contributed by atoms with E-state index in [2.05, 4.69) is 46.7 Å². The average molecular weight is 398 g/mol. The number of carbonyl (C=O) groups is 1. The number of morpholine rings is 1. The molecule has 1 heterocycles. The Morgan fingerprint density at radius 2 is 1.69 bits per heavy atom. The number of hydrogen-bond acceptors (Lipinski definition) is 4. The molecular weight excluding hydrogens is 366 g/mol. The van der Waals surface area contributed by atoms with Gasteiger partial charge in [0.2, 0.25) is 0 Å². The van der Waals surface area contributed by atoms with Gasteiger partial charge >= 0.3 is 6.03 Å². The lowest BCUT2D eigenvalue weighted by molar-refractivity contribution is 0.0322. The van der Waals surface area contributed by atoms with E-state index in [-0.39, 0.29) is 6.03 Å². The Bertz CT molecular complexity index is 758. The number of urea groups is 1. The lowest BCUT2D eigenvalue weighted by atomic mass is 10.1. The zero-order valence-electron chi connectivity index (χ0n) is 17.2. The number of nitrogens with zero attached hydrogens (tertiary/aromatic N) is 1. The quantitative estimate of drug-likeness (QED) is 0.683. The van der Waals surface area contributed by atoms with E-state index in [1.165, 1.54) is 5.56 Å². The molecule has 0 bridgehead atoms. The van der Waals surface area contributed by atoms with Crippen molar-refractivity contribution in [1.29, 1.82) is 0 Å². The molecule has 0 atom stereocenters. The molecule has 1 aliphatic heterocycles. The van der Waals surface area contributed by atoms with E-state index in [9.17, 15) is 4.79 Å². The van der Waals surface area contributed by atoms with Gasteiger partial charge in [0.1, 0.15) is 12.4 Å². The molecule has 0 saturated carbocycles. The fourth-order valence-electron chi connectivity index (χ4n) is 3.18. The van der Waals surface area contributed by atoms with E-state index >= 15 is 0 Å². The maximum atomic E-state index is 12.1. The summed E-state index contributed by atoms with van der Waals surface area (Å²) in [6, 6.07) is 16.0. The number of amides is 2. The first-order valence-electron chi connectivity index (χ1n) is 10.3. The summed E-state index contributed by atoms with van der Waals surface area (Å²) in [6.45, 7) is 8.17. The van der Waals surface area contributed by atoms with E-state index in [1.54, 1.807) is 0 Å². The monoisotopic (exact) mass is 397 g/mol. The highest BCUT2D eigenvalue weighted by Gasteiger charge is 2.10. The van der Waals surface area contributed by atoms with Crippen LogP contribution in [0.25, 0.3) is 0 Å². The van der Waals surface area contributed by atoms with Crippen molar-refractivity contribution in [2.24, 2.45) is 0 Å². The van der Waals surface area contributed by atoms with Crippen LogP contribution in [0.1, 0.15) is 23.6 Å². The normalized spacial score (nSPS) is 14.4. The Balaban J connectivity index is 1.37. The van der Waals surface area contributed by atoms with Crippen molar-refractivity contribution in [3.63, 3.8) is 0 Å². The molecule has 6 heteroatoms. The minimum Gasteiger partial charge on any atom is -0.492 e. The molecular formula is C23H31N3O3. The molecule has 2 N–H and O–H groups in total. The summed E-state index contributed by atoms with van der Waals surface area (Å²) in [6.07, 6.45) is 1.02. The van der Waals surface area contributed by atoms with Gasteiger partial charge in [-0.2, -0.15) is 0 Å². The maximum absolute atomic E-state index is 12.1. The van der Waals surface area contributed by atoms with E-state index in [1.807, 2.05) is 24.3 Å². The van der Waals surface area contributed by atoms with Gasteiger partial charge in [0, 0.05) is 32.7 Å². The van der Waals surface area contributed by atoms with Gasteiger partial charge in [-0.15, -0.1) is 0 Å². The van der Waals surface area contributed by atoms with Crippen LogP contribution in [-0.4, -0.2) is 50.4 Å². The summed E-state index contributed by atoms with van der Waals surface area (Å²) in [4.78, 5) is 14.4. The van der Waals surface area contributed by atoms with Crippen LogP contribution in [0.4, 0.5) is 4.79 Å². The van der Waals surface area contributed by atoms with Crippen LogP contribution in [0.2, 0.25) is 0 Å². The Hall–Kier alpha value is -2.57. The molecule has 1 saturated heterocycles. The number of benzene rings is 2. The standard InChI is InChI=1S/C23H31N3O3/c1-2-19-6-8-20(9-7-19)17-24-23(27)25-18-21-4-3-5-22(16-21)29-15-12-26-10-13-28-14-11-26/h3-9,16H,2,10-15,17-18H2,1H3,(H2,24,25,27). The molecule has 6 nitrogen and oxygen atoms in total. The van der Waals surface area contributed by atoms with Gasteiger partial charge in [-0.25, -0.2) is 4.79 Å². The van der Waals surface area contributed by atoms with Crippen molar-refractivity contribution < 1.29 is 14.3 Å². The van der Waals surface area contributed by atoms with E-state index in [0.717, 1.165) is 56.1 Å². The van der Waals surface area contributed by atoms with Crippen LogP contribution in [0.3, 0.4) is 0 Å². The van der Waals surface area contributed by atoms with Crippen molar-refractivity contribution in [3.8, 4) is 5.75 Å². The molecule has 156 valence electrons. The topological polar surface area (TPSA) is 62.8 Å². The Morgan fingerprint density at radius 3 is 2.41 bits per heavy atom. The van der Waals surface area contributed by atoms with Crippen molar-refractivity contribution >= 4 is 6.03 Å². The molecule has 1 aliphatic rings. The van der Waals surface area contributed by atoms with Gasteiger partial charge in [0.15, 0.2) is 0 Å². The number of ether oxygens (including phenoxy) is 2. The zero-order chi connectivity index (χ0) is 20.3. The molecule has 29 heavy (non-hydrogen) atoms. The molecule has 2 aromatic carbocycles. The van der Waals surface area contributed by atoms with Gasteiger partial charge in [-0.05, 0) is 35.2 Å². The SMILES string of the molecule is CCc1ccc(CNC(=O)NCc2cccc(OCCN3CCOCC3)c2)cc1. The van der Waals surface area contributed by atoms with Crippen molar-refractivity contribution in [2.75, 3.05) is 39.5 Å². The van der Waals surface area contributed by atoms with Crippen LogP contribution >= 0.6 is 0 Å². The lowest BCUT2D eigenvalue weighted by Gasteiger charge is -2.26. The second kappa shape index (κ2) is 11.4. The predicted molar refractivity (Wildman–Crippen MR) is 114 cm³/mol. The molecule has 1 fully saturated rings. The van der Waals surface area contributed by atoms with Crippen molar-refractivity contribution in [2.45, 2.75) is 26.4 Å². The Kier molecular flexibility index (Phi) is 8.34. The third-order valence-corrected chi connectivity index (χ3v) is 5.02. The third-order valence-electron chi connectivity index (χ3n) is 5.02. The highest BCUT2D eigenvalue weighted by Crippen LogP contribution is 2.13. The predicted octanol–water partition coefficient (Wildman–Crippen LogP) is 2.96.